The number of rotatable bonds is 8. The third-order valence-corrected chi connectivity index (χ3v) is 3.39. The Morgan fingerprint density at radius 2 is 1.96 bits per heavy atom. The molecule has 0 fully saturated rings. The maximum atomic E-state index is 12.0. The van der Waals surface area contributed by atoms with Gasteiger partial charge < -0.3 is 25.8 Å². The largest absolute Gasteiger partial charge is 0.370 e. The molecule has 0 atom stereocenters. The Kier molecular flexibility index (Phi) is 6.66. The van der Waals surface area contributed by atoms with Crippen LogP contribution in [0.25, 0.3) is 0 Å². The molecule has 2 rings (SSSR count). The third kappa shape index (κ3) is 6.23. The summed E-state index contributed by atoms with van der Waals surface area (Å²) in [5.41, 5.74) is 6.14. The van der Waals surface area contributed by atoms with Crippen LogP contribution in [-0.2, 0) is 22.6 Å². The molecule has 10 nitrogen and oxygen atoms in total. The number of guanidine groups is 1. The monoisotopic (exact) mass is 359 g/mol. The standard InChI is InChI=1S/C16H21N7O3/c1-23(15(25)9-19-13(24)8-20-16(17)18)10-14-21-12(22-26-14)7-11-5-3-2-4-6-11/h2-6H,7-10H2,1H3,(H,19,24)(H4,17,18,20). The number of nitrogens with one attached hydrogen (secondary N) is 3. The van der Waals surface area contributed by atoms with E-state index in [1.165, 1.54) is 4.90 Å². The summed E-state index contributed by atoms with van der Waals surface area (Å²) in [5, 5.41) is 15.6. The van der Waals surface area contributed by atoms with Crippen LogP contribution >= 0.6 is 0 Å². The summed E-state index contributed by atoms with van der Waals surface area (Å²) >= 11 is 0. The fourth-order valence-electron chi connectivity index (χ4n) is 2.04. The number of amides is 2. The van der Waals surface area contributed by atoms with Gasteiger partial charge in [0.05, 0.1) is 19.6 Å². The van der Waals surface area contributed by atoms with Crippen LogP contribution in [-0.4, -0.2) is 53.0 Å². The zero-order valence-corrected chi connectivity index (χ0v) is 14.4. The molecule has 0 spiro atoms. The molecular formula is C16H21N7O3. The predicted octanol–water partition coefficient (Wildman–Crippen LogP) is -0.782. The molecule has 1 aromatic carbocycles. The highest BCUT2D eigenvalue weighted by Gasteiger charge is 2.15. The molecule has 26 heavy (non-hydrogen) atoms. The molecular weight excluding hydrogens is 338 g/mol. The zero-order chi connectivity index (χ0) is 18.9. The van der Waals surface area contributed by atoms with Gasteiger partial charge in [0, 0.05) is 13.5 Å². The fraction of sp³-hybridized carbons (Fsp3) is 0.312. The molecule has 0 aliphatic carbocycles. The molecule has 0 saturated carbocycles. The van der Waals surface area contributed by atoms with E-state index >= 15 is 0 Å². The molecule has 2 aromatic rings. The molecule has 1 heterocycles. The molecule has 0 aliphatic rings. The predicted molar refractivity (Wildman–Crippen MR) is 92.9 cm³/mol. The second-order valence-electron chi connectivity index (χ2n) is 5.56. The molecule has 138 valence electrons. The Labute approximate surface area is 150 Å². The van der Waals surface area contributed by atoms with Crippen LogP contribution in [0.1, 0.15) is 17.3 Å². The SMILES string of the molecule is CN(Cc1nc(Cc2ccccc2)no1)C(=O)CNC(=O)CNC(=N)N. The van der Waals surface area contributed by atoms with Crippen molar-refractivity contribution in [1.29, 1.82) is 5.41 Å². The highest BCUT2D eigenvalue weighted by atomic mass is 16.5. The van der Waals surface area contributed by atoms with Crippen molar-refractivity contribution in [2.24, 2.45) is 5.73 Å². The van der Waals surface area contributed by atoms with Crippen molar-refractivity contribution in [3.63, 3.8) is 0 Å². The first-order chi connectivity index (χ1) is 12.4. The summed E-state index contributed by atoms with van der Waals surface area (Å²) in [5.74, 6) is -0.216. The Bertz CT molecular complexity index is 760. The number of aromatic nitrogens is 2. The average Bonchev–Trinajstić information content (AvgIpc) is 3.05. The topological polar surface area (TPSA) is 150 Å². The molecule has 0 aliphatic heterocycles. The van der Waals surface area contributed by atoms with Crippen LogP contribution in [0, 0.1) is 5.41 Å². The van der Waals surface area contributed by atoms with E-state index < -0.39 is 5.91 Å². The lowest BCUT2D eigenvalue weighted by Crippen LogP contribution is -2.43. The van der Waals surface area contributed by atoms with Crippen LogP contribution in [0.3, 0.4) is 0 Å². The van der Waals surface area contributed by atoms with Gasteiger partial charge in [0.2, 0.25) is 17.7 Å². The van der Waals surface area contributed by atoms with Crippen molar-refractivity contribution in [2.75, 3.05) is 20.1 Å². The fourth-order valence-corrected chi connectivity index (χ4v) is 2.04. The van der Waals surface area contributed by atoms with E-state index in [0.29, 0.717) is 18.1 Å². The second-order valence-corrected chi connectivity index (χ2v) is 5.56. The zero-order valence-electron chi connectivity index (χ0n) is 14.4. The summed E-state index contributed by atoms with van der Waals surface area (Å²) in [6.45, 7) is -0.207. The van der Waals surface area contributed by atoms with E-state index in [1.54, 1.807) is 7.05 Å². The number of carbonyl (C=O) groups excluding carboxylic acids is 2. The summed E-state index contributed by atoms with van der Waals surface area (Å²) in [6.07, 6.45) is 0.543. The second kappa shape index (κ2) is 9.16. The Hall–Kier alpha value is -3.43. The molecule has 0 bridgehead atoms. The number of hydrogen-bond acceptors (Lipinski definition) is 6. The van der Waals surface area contributed by atoms with Gasteiger partial charge in [0.1, 0.15) is 0 Å². The number of hydrogen-bond donors (Lipinski definition) is 4. The van der Waals surface area contributed by atoms with Crippen molar-refractivity contribution >= 4 is 17.8 Å². The van der Waals surface area contributed by atoms with E-state index in [0.717, 1.165) is 5.56 Å². The number of carbonyl (C=O) groups is 2. The third-order valence-electron chi connectivity index (χ3n) is 3.39. The van der Waals surface area contributed by atoms with E-state index in [2.05, 4.69) is 20.8 Å². The van der Waals surface area contributed by atoms with E-state index in [1.807, 2.05) is 30.3 Å². The van der Waals surface area contributed by atoms with Crippen LogP contribution in [0.5, 0.6) is 0 Å². The number of nitrogens with two attached hydrogens (primary N) is 1. The minimum absolute atomic E-state index is 0.141. The van der Waals surface area contributed by atoms with Crippen LogP contribution in [0.2, 0.25) is 0 Å². The van der Waals surface area contributed by atoms with Crippen LogP contribution < -0.4 is 16.4 Å². The van der Waals surface area contributed by atoms with Gasteiger partial charge in [-0.3, -0.25) is 15.0 Å². The van der Waals surface area contributed by atoms with Gasteiger partial charge in [-0.05, 0) is 5.56 Å². The first-order valence-electron chi connectivity index (χ1n) is 7.88. The van der Waals surface area contributed by atoms with Gasteiger partial charge in [-0.1, -0.05) is 35.5 Å². The van der Waals surface area contributed by atoms with Gasteiger partial charge in [-0.25, -0.2) is 0 Å². The van der Waals surface area contributed by atoms with Crippen LogP contribution in [0.15, 0.2) is 34.9 Å². The van der Waals surface area contributed by atoms with Gasteiger partial charge in [-0.2, -0.15) is 4.98 Å². The lowest BCUT2D eigenvalue weighted by Gasteiger charge is -2.15. The summed E-state index contributed by atoms with van der Waals surface area (Å²) < 4.78 is 5.16. The van der Waals surface area contributed by atoms with Gasteiger partial charge in [-0.15, -0.1) is 0 Å². The molecule has 5 N–H and O–H groups in total. The maximum Gasteiger partial charge on any atom is 0.246 e. The summed E-state index contributed by atoms with van der Waals surface area (Å²) in [7, 11) is 1.57. The first kappa shape index (κ1) is 18.9. The highest BCUT2D eigenvalue weighted by molar-refractivity contribution is 5.87. The van der Waals surface area contributed by atoms with Gasteiger partial charge in [0.25, 0.3) is 0 Å². The molecule has 0 radical (unpaired) electrons. The highest BCUT2D eigenvalue weighted by Crippen LogP contribution is 2.07. The Morgan fingerprint density at radius 3 is 2.65 bits per heavy atom. The van der Waals surface area contributed by atoms with E-state index in [4.69, 9.17) is 15.7 Å². The van der Waals surface area contributed by atoms with E-state index in [9.17, 15) is 9.59 Å². The minimum atomic E-state index is -0.440. The van der Waals surface area contributed by atoms with Gasteiger partial charge in [0.15, 0.2) is 11.8 Å². The quantitative estimate of drug-likeness (QED) is 0.356. The van der Waals surface area contributed by atoms with Crippen LogP contribution in [0.4, 0.5) is 0 Å². The summed E-state index contributed by atoms with van der Waals surface area (Å²) in [6, 6.07) is 9.73. The first-order valence-corrected chi connectivity index (χ1v) is 7.88. The number of nitrogens with zero attached hydrogens (tertiary/aromatic N) is 3. The molecule has 1 aromatic heterocycles. The lowest BCUT2D eigenvalue weighted by molar-refractivity contribution is -0.132. The lowest BCUT2D eigenvalue weighted by atomic mass is 10.1. The number of likely N-dealkylation sites (N-methyl/N-ethyl adjacent to an activating group) is 1. The van der Waals surface area contributed by atoms with E-state index in [-0.39, 0.29) is 31.5 Å². The average molecular weight is 359 g/mol. The van der Waals surface area contributed by atoms with Crippen molar-refractivity contribution in [2.45, 2.75) is 13.0 Å². The normalized spacial score (nSPS) is 10.2. The number of benzene rings is 1. The van der Waals surface area contributed by atoms with Crippen molar-refractivity contribution < 1.29 is 14.1 Å². The maximum absolute atomic E-state index is 12.0. The van der Waals surface area contributed by atoms with Gasteiger partial charge >= 0.3 is 0 Å². The summed E-state index contributed by atoms with van der Waals surface area (Å²) in [4.78, 5) is 29.1. The van der Waals surface area contributed by atoms with Crippen molar-refractivity contribution in [3.8, 4) is 0 Å². The molecule has 0 saturated heterocycles. The Morgan fingerprint density at radius 1 is 1.23 bits per heavy atom. The minimum Gasteiger partial charge on any atom is -0.370 e. The Balaban J connectivity index is 1.78. The van der Waals surface area contributed by atoms with Crippen molar-refractivity contribution in [3.05, 3.63) is 47.6 Å². The smallest absolute Gasteiger partial charge is 0.246 e. The molecule has 2 amide bonds. The van der Waals surface area contributed by atoms with Crippen molar-refractivity contribution in [1.82, 2.24) is 25.7 Å². The molecule has 0 unspecified atom stereocenters. The molecule has 10 heteroatoms.